The largest absolute Gasteiger partial charge is 0.472 e. The van der Waals surface area contributed by atoms with Crippen LogP contribution in [0.2, 0.25) is 0 Å². The Morgan fingerprint density at radius 1 is 0.580 bits per heavy atom. The van der Waals surface area contributed by atoms with Crippen molar-refractivity contribution in [2.75, 3.05) is 45.8 Å². The first kappa shape index (κ1) is 86.6. The summed E-state index contributed by atoms with van der Waals surface area (Å²) in [6, 6.07) is 41.0. The summed E-state index contributed by atoms with van der Waals surface area (Å²) < 4.78 is 57.0. The number of carbonyl (C=O) groups excluding carboxylic acids is 5. The standard InChI is InChI=1S/C86H106N7O14PS4/c1-5-7-9-11-13-15-17-19-21-23-25-27-29-45-81(94)101-62-68(104-82(95)46-30-28-26-24-22-20-18-16-14-12-10-8-6-2)63-103-108(99,100)102-56-55-93(3,4)61-65-60-92(91-90-65)66-48-51-72-71(58-66)85(98)107-86(72)73-50-47-64(89-83(96)69-39-31-33-41-77(69)109-111-79-43-35-37-53-87-79)57-75(73)106-76-59-67(49-52-74(76)86)105-84(97)70-40-32-34-42-78(70)110-112-80-44-36-38-54-88-80/h31-44,47-54,57-60,68H,5-30,45-46,55-56,61-63H2,1-4H3,(H-,89,96,99,100)/p+1. The van der Waals surface area contributed by atoms with E-state index in [1.807, 2.05) is 74.8 Å². The fourth-order valence-electron chi connectivity index (χ4n) is 13.6. The van der Waals surface area contributed by atoms with Crippen molar-refractivity contribution in [1.29, 1.82) is 0 Å². The number of esters is 4. The number of ether oxygens (including phenoxy) is 5. The van der Waals surface area contributed by atoms with Crippen LogP contribution in [0.4, 0.5) is 5.69 Å². The van der Waals surface area contributed by atoms with Crippen molar-refractivity contribution in [3.63, 3.8) is 0 Å². The van der Waals surface area contributed by atoms with E-state index in [1.54, 1.807) is 102 Å². The number of quaternary nitrogens is 1. The van der Waals surface area contributed by atoms with Crippen molar-refractivity contribution in [3.8, 4) is 22.9 Å². The molecule has 3 aromatic heterocycles. The molecular formula is C86H107N7O14PS4+. The predicted octanol–water partition coefficient (Wildman–Crippen LogP) is 21.8. The SMILES string of the molecule is CCCCCCCCCCCCCCCC(=O)OCC(COP(=O)(O)OCC[N+](C)(C)Cc1cn(-c2ccc3c(c2)C(=O)OC32c3ccc(NC(=O)c4ccccc4SSc4ccccn4)cc3Oc3cc(OC(=O)c4ccccc4SSc4ccccn4)ccc32)nn1)OC(=O)CCCCCCCCCCCCCCC. The maximum atomic E-state index is 14.6. The predicted molar refractivity (Wildman–Crippen MR) is 441 cm³/mol. The smallest absolute Gasteiger partial charge is 0.462 e. The fraction of sp³-hybridized carbons (Fsp3) is 0.453. The number of hydrogen-bond donors (Lipinski definition) is 2. The van der Waals surface area contributed by atoms with Gasteiger partial charge in [-0.3, -0.25) is 23.4 Å². The van der Waals surface area contributed by atoms with Gasteiger partial charge >= 0.3 is 31.7 Å². The number of nitrogens with one attached hydrogen (secondary N) is 1. The van der Waals surface area contributed by atoms with Gasteiger partial charge in [-0.2, -0.15) is 0 Å². The van der Waals surface area contributed by atoms with Crippen LogP contribution in [0.3, 0.4) is 0 Å². The average Bonchev–Trinajstić information content (AvgIpc) is 1.50. The van der Waals surface area contributed by atoms with Crippen LogP contribution < -0.4 is 14.8 Å². The lowest BCUT2D eigenvalue weighted by atomic mass is 9.77. The van der Waals surface area contributed by atoms with Gasteiger partial charge in [-0.15, -0.1) is 5.10 Å². The zero-order chi connectivity index (χ0) is 78.8. The van der Waals surface area contributed by atoms with Crippen LogP contribution in [-0.2, 0) is 49.6 Å². The Balaban J connectivity index is 0.767. The number of rotatable bonds is 51. The molecule has 10 rings (SSSR count). The zero-order valence-electron chi connectivity index (χ0n) is 64.9. The molecule has 8 aromatic rings. The monoisotopic (exact) mass is 1620 g/mol. The molecule has 0 aliphatic carbocycles. The molecule has 21 nitrogen and oxygen atoms in total. The van der Waals surface area contributed by atoms with E-state index in [0.29, 0.717) is 69.2 Å². The third-order valence-electron chi connectivity index (χ3n) is 19.6. The fourth-order valence-corrected chi connectivity index (χ4v) is 18.4. The first-order valence-electron chi connectivity index (χ1n) is 39.8. The highest BCUT2D eigenvalue weighted by molar-refractivity contribution is 8.77. The molecule has 1 amide bonds. The molecule has 0 fully saturated rings. The van der Waals surface area contributed by atoms with Crippen LogP contribution in [0, 0.1) is 0 Å². The number of hydrogen-bond acceptors (Lipinski definition) is 21. The van der Waals surface area contributed by atoms with Crippen LogP contribution in [0.25, 0.3) is 5.69 Å². The number of nitrogens with zero attached hydrogens (tertiary/aromatic N) is 6. The van der Waals surface area contributed by atoms with Gasteiger partial charge in [-0.25, -0.2) is 28.8 Å². The van der Waals surface area contributed by atoms with E-state index < -0.39 is 50.0 Å². The molecule has 0 bridgehead atoms. The van der Waals surface area contributed by atoms with Crippen molar-refractivity contribution in [1.82, 2.24) is 25.0 Å². The topological polar surface area (TPSA) is 256 Å². The highest BCUT2D eigenvalue weighted by Gasteiger charge is 2.54. The van der Waals surface area contributed by atoms with Gasteiger partial charge in [0.2, 0.25) is 0 Å². The summed E-state index contributed by atoms with van der Waals surface area (Å²) in [5, 5.41) is 13.5. The lowest BCUT2D eigenvalue weighted by Crippen LogP contribution is -2.41. The van der Waals surface area contributed by atoms with Crippen LogP contribution in [0.1, 0.15) is 247 Å². The molecule has 5 aromatic carbocycles. The molecule has 5 heterocycles. The Labute approximate surface area is 675 Å². The summed E-state index contributed by atoms with van der Waals surface area (Å²) in [6.45, 7) is 3.95. The Morgan fingerprint density at radius 2 is 1.11 bits per heavy atom. The summed E-state index contributed by atoms with van der Waals surface area (Å²) in [7, 11) is 4.72. The number of anilines is 1. The van der Waals surface area contributed by atoms with E-state index in [4.69, 9.17) is 32.7 Å². The molecule has 112 heavy (non-hydrogen) atoms. The van der Waals surface area contributed by atoms with E-state index in [0.717, 1.165) is 53.5 Å². The number of phosphoric ester groups is 1. The quantitative estimate of drug-likeness (QED) is 0.00683. The summed E-state index contributed by atoms with van der Waals surface area (Å²) in [6.07, 6.45) is 34.9. The van der Waals surface area contributed by atoms with Crippen LogP contribution >= 0.6 is 51.0 Å². The second-order valence-electron chi connectivity index (χ2n) is 29.1. The van der Waals surface area contributed by atoms with Crippen molar-refractivity contribution in [2.45, 2.75) is 232 Å². The Bertz CT molecular complexity index is 4230. The van der Waals surface area contributed by atoms with E-state index in [2.05, 4.69) is 39.4 Å². The minimum absolute atomic E-state index is 0.154. The highest BCUT2D eigenvalue weighted by atomic mass is 33.1. The Kier molecular flexibility index (Phi) is 35.0. The van der Waals surface area contributed by atoms with Gasteiger partial charge in [-0.05, 0) is 119 Å². The average molecular weight is 1620 g/mol. The second kappa shape index (κ2) is 45.3. The maximum absolute atomic E-state index is 14.6. The van der Waals surface area contributed by atoms with Crippen LogP contribution in [0.5, 0.6) is 17.2 Å². The van der Waals surface area contributed by atoms with Crippen molar-refractivity contribution >= 4 is 86.5 Å². The molecule has 2 N–H and O–H groups in total. The van der Waals surface area contributed by atoms with Gasteiger partial charge in [-0.1, -0.05) is 237 Å². The molecular weight excluding hydrogens is 1510 g/mol. The number of fused-ring (bicyclic) bond motifs is 6. The number of benzene rings is 5. The summed E-state index contributed by atoms with van der Waals surface area (Å²) in [5.41, 5.74) is 2.24. The molecule has 26 heteroatoms. The Hall–Kier alpha value is -7.84. The van der Waals surface area contributed by atoms with Crippen molar-refractivity contribution in [3.05, 3.63) is 197 Å². The maximum Gasteiger partial charge on any atom is 0.472 e. The lowest BCUT2D eigenvalue weighted by Gasteiger charge is -2.36. The molecule has 2 aliphatic heterocycles. The van der Waals surface area contributed by atoms with E-state index >= 15 is 0 Å². The summed E-state index contributed by atoms with van der Waals surface area (Å²) in [5.74, 6) is -1.92. The van der Waals surface area contributed by atoms with E-state index in [1.165, 1.54) is 159 Å². The second-order valence-corrected chi connectivity index (χ2v) is 35.0. The molecule has 0 radical (unpaired) electrons. The number of carbonyl (C=O) groups is 5. The number of pyridine rings is 2. The highest BCUT2D eigenvalue weighted by Crippen LogP contribution is 2.57. The molecule has 2 aliphatic rings. The van der Waals surface area contributed by atoms with Crippen LogP contribution in [0.15, 0.2) is 178 Å². The molecule has 598 valence electrons. The number of phosphoric acid groups is 1. The summed E-state index contributed by atoms with van der Waals surface area (Å²) in [4.78, 5) is 90.3. The molecule has 0 saturated heterocycles. The van der Waals surface area contributed by atoms with Crippen molar-refractivity contribution in [2.24, 2.45) is 0 Å². The van der Waals surface area contributed by atoms with Gasteiger partial charge in [0.1, 0.15) is 59.3 Å². The molecule has 1 spiro atoms. The van der Waals surface area contributed by atoms with Gasteiger partial charge < -0.3 is 38.4 Å². The zero-order valence-corrected chi connectivity index (χ0v) is 69.1. The van der Waals surface area contributed by atoms with Gasteiger partial charge in [0.05, 0.1) is 49.3 Å². The van der Waals surface area contributed by atoms with Gasteiger partial charge in [0.25, 0.3) is 5.91 Å². The van der Waals surface area contributed by atoms with E-state index in [9.17, 15) is 33.4 Å². The first-order valence-corrected chi connectivity index (χ1v) is 45.6. The molecule has 0 saturated carbocycles. The number of aromatic nitrogens is 5. The Morgan fingerprint density at radius 3 is 1.70 bits per heavy atom. The summed E-state index contributed by atoms with van der Waals surface area (Å²) >= 11 is 0. The number of amides is 1. The normalized spacial score (nSPS) is 14.3. The molecule has 3 atom stereocenters. The van der Waals surface area contributed by atoms with Crippen molar-refractivity contribution < 1.29 is 70.6 Å². The van der Waals surface area contributed by atoms with E-state index in [-0.39, 0.29) is 65.8 Å². The van der Waals surface area contributed by atoms with Crippen LogP contribution in [-0.4, -0.2) is 111 Å². The first-order chi connectivity index (χ1) is 54.5. The van der Waals surface area contributed by atoms with Gasteiger partial charge in [0, 0.05) is 69.5 Å². The lowest BCUT2D eigenvalue weighted by molar-refractivity contribution is -0.904. The number of likely N-dealkylation sites (N-methyl/N-ethyl adjacent to an activating group) is 1. The minimum Gasteiger partial charge on any atom is -0.462 e. The number of unbranched alkanes of at least 4 members (excludes halogenated alkanes) is 24. The third-order valence-corrected chi connectivity index (χ3v) is 25.3. The molecule has 3 unspecified atom stereocenters. The van der Waals surface area contributed by atoms with Gasteiger partial charge in [0.15, 0.2) is 11.7 Å². The minimum atomic E-state index is -4.71. The third kappa shape index (κ3) is 26.9.